The number of nitriles is 3. The zero-order chi connectivity index (χ0) is 65.6. The minimum Gasteiger partial charge on any atom is -0.309 e. The molecular weight excluding hydrogens is 1190 g/mol. The number of hydrogen-bond donors (Lipinski definition) is 0. The second-order valence-electron chi connectivity index (χ2n) is 24.5. The molecule has 8 heteroatoms. The van der Waals surface area contributed by atoms with E-state index in [1.807, 2.05) is 103 Å². The monoisotopic (exact) mass is 1250 g/mol. The van der Waals surface area contributed by atoms with E-state index in [9.17, 15) is 15.8 Å². The van der Waals surface area contributed by atoms with Gasteiger partial charge in [-0.25, -0.2) is 15.0 Å². The lowest BCUT2D eigenvalue weighted by molar-refractivity contribution is 1.07. The minimum atomic E-state index is 0.417. The van der Waals surface area contributed by atoms with Gasteiger partial charge in [-0.2, -0.15) is 15.8 Å². The van der Waals surface area contributed by atoms with Crippen LogP contribution in [0, 0.1) is 34.0 Å². The van der Waals surface area contributed by atoms with Gasteiger partial charge in [0.1, 0.15) is 0 Å². The molecule has 0 saturated heterocycles. The van der Waals surface area contributed by atoms with Crippen LogP contribution in [-0.4, -0.2) is 24.1 Å². The van der Waals surface area contributed by atoms with Gasteiger partial charge >= 0.3 is 0 Å². The van der Waals surface area contributed by atoms with Crippen molar-refractivity contribution in [2.75, 3.05) is 0 Å². The van der Waals surface area contributed by atoms with Gasteiger partial charge in [-0.15, -0.1) is 0 Å². The molecule has 0 unspecified atom stereocenters. The standard InChI is InChI=1S/C90H54N8/c91-55-58-18-15-29-69(46-58)74-32-13-14-33-75(74)90-95-88(72-38-44-82(76(53-72)70-30-16-19-59(47-70)56-92)97-84-40-34-65(61-21-5-1-6-22-61)49-78(84)79-50-66(35-41-85(79)97)62-23-7-2-8-24-62)94-89(96-90)73-39-45-83(77(54-73)71-31-17-20-60(48-71)57-93)98-86-42-36-67(63-25-9-3-10-26-63)51-80(86)81-52-68(37-43-87(81)98)64-27-11-4-12-28-64/h1-54H. The van der Waals surface area contributed by atoms with E-state index in [0.717, 1.165) is 138 Å². The third-order valence-corrected chi connectivity index (χ3v) is 18.7. The van der Waals surface area contributed by atoms with E-state index >= 15 is 0 Å². The van der Waals surface area contributed by atoms with Crippen LogP contribution in [0.3, 0.4) is 0 Å². The Morgan fingerprint density at radius 3 is 0.827 bits per heavy atom. The van der Waals surface area contributed by atoms with Crippen molar-refractivity contribution in [2.24, 2.45) is 0 Å². The zero-order valence-corrected chi connectivity index (χ0v) is 52.8. The number of rotatable bonds is 12. The Morgan fingerprint density at radius 2 is 0.490 bits per heavy atom. The molecule has 0 aliphatic heterocycles. The van der Waals surface area contributed by atoms with E-state index in [1.165, 1.54) is 0 Å². The highest BCUT2D eigenvalue weighted by Gasteiger charge is 2.24. The molecule has 454 valence electrons. The molecule has 8 nitrogen and oxygen atoms in total. The van der Waals surface area contributed by atoms with Gasteiger partial charge in [0.2, 0.25) is 0 Å². The molecule has 0 spiro atoms. The van der Waals surface area contributed by atoms with Gasteiger partial charge in [-0.05, 0) is 188 Å². The van der Waals surface area contributed by atoms with E-state index in [-0.39, 0.29) is 0 Å². The molecular formula is C90H54N8. The van der Waals surface area contributed by atoms with Gasteiger partial charge < -0.3 is 9.13 Å². The van der Waals surface area contributed by atoms with Gasteiger partial charge in [0.25, 0.3) is 0 Å². The number of aromatic nitrogens is 5. The first-order valence-corrected chi connectivity index (χ1v) is 32.5. The summed E-state index contributed by atoms with van der Waals surface area (Å²) >= 11 is 0. The first-order chi connectivity index (χ1) is 48.4. The number of nitrogens with zero attached hydrogens (tertiary/aromatic N) is 8. The summed E-state index contributed by atoms with van der Waals surface area (Å²) in [6, 6.07) is 120. The molecule has 98 heavy (non-hydrogen) atoms. The highest BCUT2D eigenvalue weighted by Crippen LogP contribution is 2.45. The largest absolute Gasteiger partial charge is 0.309 e. The van der Waals surface area contributed by atoms with Gasteiger partial charge in [-0.3, -0.25) is 0 Å². The van der Waals surface area contributed by atoms with Crippen molar-refractivity contribution in [1.29, 1.82) is 15.8 Å². The summed E-state index contributed by atoms with van der Waals surface area (Å²) in [5.74, 6) is 1.26. The third-order valence-electron chi connectivity index (χ3n) is 18.7. The normalized spacial score (nSPS) is 11.2. The molecule has 0 radical (unpaired) electrons. The van der Waals surface area contributed by atoms with Crippen LogP contribution < -0.4 is 0 Å². The molecule has 0 saturated carbocycles. The topological polar surface area (TPSA) is 120 Å². The van der Waals surface area contributed by atoms with Crippen molar-refractivity contribution < 1.29 is 0 Å². The molecule has 0 amide bonds. The van der Waals surface area contributed by atoms with E-state index in [1.54, 1.807) is 6.07 Å². The van der Waals surface area contributed by atoms with E-state index < -0.39 is 0 Å². The summed E-state index contributed by atoms with van der Waals surface area (Å²) in [6.07, 6.45) is 0. The Bertz CT molecular complexity index is 5630. The maximum Gasteiger partial charge on any atom is 0.164 e. The summed E-state index contributed by atoms with van der Waals surface area (Å²) in [5.41, 5.74) is 23.7. The molecule has 17 aromatic rings. The molecule has 0 aliphatic rings. The van der Waals surface area contributed by atoms with E-state index in [4.69, 9.17) is 15.0 Å². The predicted octanol–water partition coefficient (Wildman–Crippen LogP) is 22.4. The fourth-order valence-electron chi connectivity index (χ4n) is 14.0. The number of benzene rings is 14. The van der Waals surface area contributed by atoms with Crippen LogP contribution in [0.2, 0.25) is 0 Å². The number of fused-ring (bicyclic) bond motifs is 6. The van der Waals surface area contributed by atoms with Crippen molar-refractivity contribution >= 4 is 43.6 Å². The summed E-state index contributed by atoms with van der Waals surface area (Å²) in [7, 11) is 0. The first kappa shape index (κ1) is 58.0. The van der Waals surface area contributed by atoms with Crippen LogP contribution in [-0.2, 0) is 0 Å². The van der Waals surface area contributed by atoms with Gasteiger partial charge in [0.05, 0.1) is 68.3 Å². The van der Waals surface area contributed by atoms with Crippen LogP contribution in [0.5, 0.6) is 0 Å². The quantitative estimate of drug-likeness (QED) is 0.120. The van der Waals surface area contributed by atoms with Crippen molar-refractivity contribution in [3.8, 4) is 142 Å². The highest BCUT2D eigenvalue weighted by molar-refractivity contribution is 6.14. The van der Waals surface area contributed by atoms with Gasteiger partial charge in [0, 0.05) is 49.4 Å². The average molecular weight is 1250 g/mol. The SMILES string of the molecule is N#Cc1cccc(-c2ccccc2-c2nc(-c3ccc(-n4c5ccc(-c6ccccc6)cc5c5cc(-c6ccccc6)ccc54)c(-c4cccc(C#N)c4)c3)nc(-c3ccc(-n4c5ccc(-c6ccccc6)cc5c5cc(-c6ccccc6)ccc54)c(-c4cccc(C#N)c4)c3)n2)c1. The smallest absolute Gasteiger partial charge is 0.164 e. The fourth-order valence-corrected chi connectivity index (χ4v) is 14.0. The molecule has 17 rings (SSSR count). The molecule has 0 aliphatic carbocycles. The summed E-state index contributed by atoms with van der Waals surface area (Å²) in [6.45, 7) is 0. The van der Waals surface area contributed by atoms with Gasteiger partial charge in [0.15, 0.2) is 17.5 Å². The molecule has 0 fully saturated rings. The van der Waals surface area contributed by atoms with Crippen LogP contribution in [0.15, 0.2) is 328 Å². The Kier molecular flexibility index (Phi) is 14.5. The lowest BCUT2D eigenvalue weighted by Gasteiger charge is -2.18. The van der Waals surface area contributed by atoms with Crippen molar-refractivity contribution in [1.82, 2.24) is 24.1 Å². The highest BCUT2D eigenvalue weighted by atomic mass is 15.0. The van der Waals surface area contributed by atoms with E-state index in [0.29, 0.717) is 45.3 Å². The first-order valence-electron chi connectivity index (χ1n) is 32.5. The Balaban J connectivity index is 0.899. The summed E-state index contributed by atoms with van der Waals surface area (Å²) < 4.78 is 4.68. The van der Waals surface area contributed by atoms with E-state index in [2.05, 4.69) is 246 Å². The second-order valence-corrected chi connectivity index (χ2v) is 24.5. The lowest BCUT2D eigenvalue weighted by atomic mass is 9.97. The average Bonchev–Trinajstić information content (AvgIpc) is 1.57. The third kappa shape index (κ3) is 10.5. The summed E-state index contributed by atoms with van der Waals surface area (Å²) in [5, 5.41) is 35.5. The Hall–Kier alpha value is -13.8. The van der Waals surface area contributed by atoms with Crippen molar-refractivity contribution in [3.05, 3.63) is 344 Å². The fraction of sp³-hybridized carbons (Fsp3) is 0. The van der Waals surface area contributed by atoms with Crippen molar-refractivity contribution in [2.45, 2.75) is 0 Å². The summed E-state index contributed by atoms with van der Waals surface area (Å²) in [4.78, 5) is 16.5. The number of hydrogen-bond acceptors (Lipinski definition) is 6. The molecule has 0 atom stereocenters. The van der Waals surface area contributed by atoms with Crippen LogP contribution in [0.25, 0.3) is 167 Å². The molecule has 3 aromatic heterocycles. The molecule has 14 aromatic carbocycles. The lowest BCUT2D eigenvalue weighted by Crippen LogP contribution is -2.03. The van der Waals surface area contributed by atoms with Crippen LogP contribution >= 0.6 is 0 Å². The van der Waals surface area contributed by atoms with Crippen molar-refractivity contribution in [3.63, 3.8) is 0 Å². The van der Waals surface area contributed by atoms with Crippen LogP contribution in [0.4, 0.5) is 0 Å². The maximum atomic E-state index is 10.5. The van der Waals surface area contributed by atoms with Gasteiger partial charge in [-0.1, -0.05) is 206 Å². The zero-order valence-electron chi connectivity index (χ0n) is 52.8. The second kappa shape index (κ2) is 24.6. The van der Waals surface area contributed by atoms with Crippen LogP contribution in [0.1, 0.15) is 16.7 Å². The minimum absolute atomic E-state index is 0.417. The molecule has 3 heterocycles. The Morgan fingerprint density at radius 1 is 0.204 bits per heavy atom. The molecule has 0 N–H and O–H groups in total. The molecule has 0 bridgehead atoms. The predicted molar refractivity (Wildman–Crippen MR) is 397 cm³/mol. The maximum absolute atomic E-state index is 10.5. The Labute approximate surface area is 566 Å².